The average Bonchev–Trinajstić information content (AvgIpc) is 3.24. The van der Waals surface area contributed by atoms with Crippen LogP contribution in [0.2, 0.25) is 0 Å². The number of halogens is 1. The molecule has 1 heterocycles. The number of carbonyl (C=O) groups is 2. The molecule has 0 bridgehead atoms. The van der Waals surface area contributed by atoms with Crippen molar-refractivity contribution in [1.29, 1.82) is 0 Å². The Balaban J connectivity index is 1.72. The first-order valence-electron chi connectivity index (χ1n) is 7.74. The van der Waals surface area contributed by atoms with Gasteiger partial charge in [-0.05, 0) is 37.5 Å². The molecule has 0 atom stereocenters. The fourth-order valence-electron chi connectivity index (χ4n) is 2.95. The second-order valence-corrected chi connectivity index (χ2v) is 6.26. The quantitative estimate of drug-likeness (QED) is 0.853. The van der Waals surface area contributed by atoms with Crippen LogP contribution >= 0.6 is 0 Å². The fourth-order valence-corrected chi connectivity index (χ4v) is 2.95. The van der Waals surface area contributed by atoms with Crippen LogP contribution in [-0.2, 0) is 16.6 Å². The number of carboxylic acids is 1. The summed E-state index contributed by atoms with van der Waals surface area (Å²) in [5.74, 6) is -1.57. The van der Waals surface area contributed by atoms with E-state index >= 15 is 0 Å². The Morgan fingerprint density at radius 1 is 1.38 bits per heavy atom. The number of aliphatic carboxylic acids is 1. The number of hydrogen-bond acceptors (Lipinski definition) is 3. The maximum atomic E-state index is 13.4. The highest BCUT2D eigenvalue weighted by Gasteiger charge is 2.44. The summed E-state index contributed by atoms with van der Waals surface area (Å²) in [6.45, 7) is 2.08. The van der Waals surface area contributed by atoms with E-state index in [4.69, 9.17) is 9.52 Å². The van der Waals surface area contributed by atoms with E-state index in [1.165, 1.54) is 18.4 Å². The molecule has 5 nitrogen and oxygen atoms in total. The zero-order chi connectivity index (χ0) is 17.3. The summed E-state index contributed by atoms with van der Waals surface area (Å²) in [6.07, 6.45) is 2.80. The van der Waals surface area contributed by atoms with E-state index in [0.29, 0.717) is 12.1 Å². The van der Waals surface area contributed by atoms with E-state index < -0.39 is 5.97 Å². The normalized spacial score (nSPS) is 15.1. The minimum Gasteiger partial charge on any atom is -0.481 e. The lowest BCUT2D eigenvalue weighted by Gasteiger charge is -2.17. The van der Waals surface area contributed by atoms with Gasteiger partial charge in [-0.25, -0.2) is 4.39 Å². The predicted molar refractivity (Wildman–Crippen MR) is 84.4 cm³/mol. The van der Waals surface area contributed by atoms with Gasteiger partial charge in [0.25, 0.3) is 5.91 Å². The van der Waals surface area contributed by atoms with Crippen molar-refractivity contribution in [2.75, 3.05) is 6.54 Å². The van der Waals surface area contributed by atoms with Crippen molar-refractivity contribution in [2.45, 2.75) is 31.6 Å². The van der Waals surface area contributed by atoms with Gasteiger partial charge < -0.3 is 14.8 Å². The second-order valence-electron chi connectivity index (χ2n) is 6.26. The summed E-state index contributed by atoms with van der Waals surface area (Å²) in [5.41, 5.74) is 1.51. The van der Waals surface area contributed by atoms with Gasteiger partial charge in [-0.1, -0.05) is 12.1 Å². The SMILES string of the molecule is Cc1coc(CC(=O)O)c1C(=O)NCC1(c2cccc(F)c2)CC1. The van der Waals surface area contributed by atoms with Crippen LogP contribution in [0, 0.1) is 12.7 Å². The van der Waals surface area contributed by atoms with Gasteiger partial charge in [0.15, 0.2) is 0 Å². The third-order valence-electron chi connectivity index (χ3n) is 4.47. The number of furan rings is 1. The van der Waals surface area contributed by atoms with Crippen molar-refractivity contribution in [1.82, 2.24) is 5.32 Å². The van der Waals surface area contributed by atoms with E-state index in [0.717, 1.165) is 18.4 Å². The highest BCUT2D eigenvalue weighted by molar-refractivity contribution is 5.97. The lowest BCUT2D eigenvalue weighted by Crippen LogP contribution is -2.33. The number of nitrogens with one attached hydrogen (secondary N) is 1. The number of hydrogen-bond donors (Lipinski definition) is 2. The van der Waals surface area contributed by atoms with Gasteiger partial charge in [0.2, 0.25) is 0 Å². The molecule has 0 unspecified atom stereocenters. The summed E-state index contributed by atoms with van der Waals surface area (Å²) in [6, 6.07) is 6.42. The molecule has 1 fully saturated rings. The number of aryl methyl sites for hydroxylation is 1. The Bertz CT molecular complexity index is 792. The number of carbonyl (C=O) groups excluding carboxylic acids is 1. The molecule has 1 saturated carbocycles. The summed E-state index contributed by atoms with van der Waals surface area (Å²) in [7, 11) is 0. The van der Waals surface area contributed by atoms with E-state index in [1.807, 2.05) is 6.07 Å². The predicted octanol–water partition coefficient (Wildman–Crippen LogP) is 2.82. The largest absolute Gasteiger partial charge is 0.481 e. The minimum atomic E-state index is -1.06. The molecule has 24 heavy (non-hydrogen) atoms. The molecular weight excluding hydrogens is 313 g/mol. The van der Waals surface area contributed by atoms with Crippen LogP contribution < -0.4 is 5.32 Å². The van der Waals surface area contributed by atoms with Crippen LogP contribution in [0.25, 0.3) is 0 Å². The molecular formula is C18H18FNO4. The van der Waals surface area contributed by atoms with Crippen LogP contribution in [-0.4, -0.2) is 23.5 Å². The molecule has 0 saturated heterocycles. The van der Waals surface area contributed by atoms with Crippen molar-refractivity contribution in [3.63, 3.8) is 0 Å². The van der Waals surface area contributed by atoms with Gasteiger partial charge in [0.05, 0.1) is 11.8 Å². The highest BCUT2D eigenvalue weighted by atomic mass is 19.1. The van der Waals surface area contributed by atoms with Gasteiger partial charge in [-0.15, -0.1) is 0 Å². The smallest absolute Gasteiger partial charge is 0.311 e. The molecule has 1 aromatic heterocycles. The summed E-state index contributed by atoms with van der Waals surface area (Å²) in [4.78, 5) is 23.3. The molecule has 2 N–H and O–H groups in total. The van der Waals surface area contributed by atoms with E-state index in [2.05, 4.69) is 5.32 Å². The standard InChI is InChI=1S/C18H18FNO4/c1-11-9-24-14(8-15(21)22)16(11)17(23)20-10-18(5-6-18)12-3-2-4-13(19)7-12/h2-4,7,9H,5-6,8,10H2,1H3,(H,20,23)(H,21,22). The summed E-state index contributed by atoms with van der Waals surface area (Å²) in [5, 5.41) is 11.7. The van der Waals surface area contributed by atoms with Crippen molar-refractivity contribution >= 4 is 11.9 Å². The molecule has 6 heteroatoms. The van der Waals surface area contributed by atoms with Crippen molar-refractivity contribution in [2.24, 2.45) is 0 Å². The first kappa shape index (κ1) is 16.2. The topological polar surface area (TPSA) is 79.5 Å². The first-order valence-corrected chi connectivity index (χ1v) is 7.74. The Kier molecular flexibility index (Phi) is 4.13. The molecule has 2 aromatic rings. The lowest BCUT2D eigenvalue weighted by molar-refractivity contribution is -0.136. The van der Waals surface area contributed by atoms with Gasteiger partial charge in [0, 0.05) is 17.5 Å². The molecule has 3 rings (SSSR count). The van der Waals surface area contributed by atoms with Crippen molar-refractivity contribution < 1.29 is 23.5 Å². The van der Waals surface area contributed by atoms with Crippen LogP contribution in [0.15, 0.2) is 34.9 Å². The van der Waals surface area contributed by atoms with Gasteiger partial charge in [0.1, 0.15) is 18.0 Å². The maximum Gasteiger partial charge on any atom is 0.311 e. The summed E-state index contributed by atoms with van der Waals surface area (Å²) < 4.78 is 18.6. The molecule has 1 aliphatic rings. The van der Waals surface area contributed by atoms with E-state index in [1.54, 1.807) is 13.0 Å². The number of carboxylic acid groups (broad SMARTS) is 1. The lowest BCUT2D eigenvalue weighted by atomic mass is 9.95. The molecule has 1 aromatic carbocycles. The molecule has 0 aliphatic heterocycles. The summed E-state index contributed by atoms with van der Waals surface area (Å²) >= 11 is 0. The van der Waals surface area contributed by atoms with Crippen LogP contribution in [0.1, 0.15) is 40.1 Å². The highest BCUT2D eigenvalue weighted by Crippen LogP contribution is 2.47. The maximum absolute atomic E-state index is 13.4. The van der Waals surface area contributed by atoms with Crippen LogP contribution in [0.4, 0.5) is 4.39 Å². The van der Waals surface area contributed by atoms with Gasteiger partial charge in [-0.3, -0.25) is 9.59 Å². The molecule has 1 amide bonds. The zero-order valence-corrected chi connectivity index (χ0v) is 13.3. The zero-order valence-electron chi connectivity index (χ0n) is 13.3. The Labute approximate surface area is 138 Å². The monoisotopic (exact) mass is 331 g/mol. The molecule has 126 valence electrons. The van der Waals surface area contributed by atoms with Crippen LogP contribution in [0.3, 0.4) is 0 Å². The van der Waals surface area contributed by atoms with Gasteiger partial charge >= 0.3 is 5.97 Å². The third-order valence-corrected chi connectivity index (χ3v) is 4.47. The van der Waals surface area contributed by atoms with Gasteiger partial charge in [-0.2, -0.15) is 0 Å². The Hall–Kier alpha value is -2.63. The number of amides is 1. The van der Waals surface area contributed by atoms with Crippen molar-refractivity contribution in [3.8, 4) is 0 Å². The second kappa shape index (κ2) is 6.11. The Morgan fingerprint density at radius 2 is 2.12 bits per heavy atom. The molecule has 1 aliphatic carbocycles. The Morgan fingerprint density at radius 3 is 2.75 bits per heavy atom. The molecule has 0 radical (unpaired) electrons. The van der Waals surface area contributed by atoms with E-state index in [9.17, 15) is 14.0 Å². The number of rotatable bonds is 6. The average molecular weight is 331 g/mol. The molecule has 0 spiro atoms. The van der Waals surface area contributed by atoms with Crippen LogP contribution in [0.5, 0.6) is 0 Å². The first-order chi connectivity index (χ1) is 11.4. The van der Waals surface area contributed by atoms with E-state index in [-0.39, 0.29) is 34.9 Å². The number of benzene rings is 1. The fraction of sp³-hybridized carbons (Fsp3) is 0.333. The third kappa shape index (κ3) is 3.18. The van der Waals surface area contributed by atoms with Crippen molar-refractivity contribution in [3.05, 3.63) is 58.8 Å². The minimum absolute atomic E-state index is 0.146.